The van der Waals surface area contributed by atoms with Crippen LogP contribution in [0.3, 0.4) is 0 Å². The zero-order valence-electron chi connectivity index (χ0n) is 17.9. The van der Waals surface area contributed by atoms with E-state index in [1.54, 1.807) is 6.21 Å². The molecule has 2 aromatic heterocycles. The van der Waals surface area contributed by atoms with Crippen LogP contribution in [0.2, 0.25) is 0 Å². The molecule has 8 heteroatoms. The Morgan fingerprint density at radius 1 is 1.06 bits per heavy atom. The van der Waals surface area contributed by atoms with Crippen molar-refractivity contribution in [1.82, 2.24) is 15.0 Å². The summed E-state index contributed by atoms with van der Waals surface area (Å²) in [6.07, 6.45) is 3.74. The van der Waals surface area contributed by atoms with Gasteiger partial charge in [0.2, 0.25) is 5.95 Å². The van der Waals surface area contributed by atoms with Crippen molar-refractivity contribution in [1.29, 1.82) is 0 Å². The first-order chi connectivity index (χ1) is 15.7. The highest BCUT2D eigenvalue weighted by Crippen LogP contribution is 2.22. The van der Waals surface area contributed by atoms with Crippen molar-refractivity contribution in [2.75, 3.05) is 41.9 Å². The van der Waals surface area contributed by atoms with Gasteiger partial charge in [-0.15, -0.1) is 0 Å². The maximum absolute atomic E-state index is 5.49. The Balaban J connectivity index is 1.40. The highest BCUT2D eigenvalue weighted by molar-refractivity contribution is 5.99. The number of rotatable bonds is 6. The summed E-state index contributed by atoms with van der Waals surface area (Å²) in [6, 6.07) is 18.2. The SMILES string of the molecule is Cc1ccc(Nc2nc(NN=Cc3c[nH]c4ccccc34)cc(N3CCOCC3)n2)cc1. The van der Waals surface area contributed by atoms with Crippen molar-refractivity contribution in [3.63, 3.8) is 0 Å². The Hall–Kier alpha value is -3.91. The smallest absolute Gasteiger partial charge is 0.231 e. The fourth-order valence-electron chi connectivity index (χ4n) is 3.64. The number of aromatic amines is 1. The van der Waals surface area contributed by atoms with Crippen LogP contribution in [0.4, 0.5) is 23.3 Å². The van der Waals surface area contributed by atoms with Gasteiger partial charge in [0.25, 0.3) is 0 Å². The highest BCUT2D eigenvalue weighted by atomic mass is 16.5. The Morgan fingerprint density at radius 3 is 2.72 bits per heavy atom. The van der Waals surface area contributed by atoms with E-state index in [0.29, 0.717) is 25.0 Å². The molecule has 32 heavy (non-hydrogen) atoms. The number of hydrogen-bond donors (Lipinski definition) is 3. The monoisotopic (exact) mass is 427 g/mol. The molecule has 0 spiro atoms. The molecule has 1 aliphatic rings. The first kappa shape index (κ1) is 20.0. The zero-order valence-corrected chi connectivity index (χ0v) is 17.9. The molecule has 2 aromatic carbocycles. The average molecular weight is 428 g/mol. The molecule has 0 bridgehead atoms. The van der Waals surface area contributed by atoms with Gasteiger partial charge in [-0.3, -0.25) is 5.43 Å². The Bertz CT molecular complexity index is 1230. The minimum Gasteiger partial charge on any atom is -0.378 e. The van der Waals surface area contributed by atoms with Crippen molar-refractivity contribution in [3.05, 3.63) is 71.9 Å². The third-order valence-electron chi connectivity index (χ3n) is 5.36. The van der Waals surface area contributed by atoms with E-state index in [4.69, 9.17) is 9.72 Å². The number of benzene rings is 2. The van der Waals surface area contributed by atoms with Crippen LogP contribution in [0.1, 0.15) is 11.1 Å². The third-order valence-corrected chi connectivity index (χ3v) is 5.36. The van der Waals surface area contributed by atoms with E-state index >= 15 is 0 Å². The second kappa shape index (κ2) is 9.07. The minimum absolute atomic E-state index is 0.516. The summed E-state index contributed by atoms with van der Waals surface area (Å²) in [7, 11) is 0. The van der Waals surface area contributed by atoms with Crippen LogP contribution in [-0.2, 0) is 4.74 Å². The predicted octanol–water partition coefficient (Wildman–Crippen LogP) is 4.29. The molecule has 0 atom stereocenters. The quantitative estimate of drug-likeness (QED) is 0.314. The van der Waals surface area contributed by atoms with Crippen LogP contribution in [-0.4, -0.2) is 47.5 Å². The molecular formula is C24H25N7O. The number of fused-ring (bicyclic) bond motifs is 1. The number of ether oxygens (including phenoxy) is 1. The number of aryl methyl sites for hydroxylation is 1. The van der Waals surface area contributed by atoms with Gasteiger partial charge in [0.15, 0.2) is 5.82 Å². The fourth-order valence-corrected chi connectivity index (χ4v) is 3.64. The van der Waals surface area contributed by atoms with Crippen LogP contribution in [0.5, 0.6) is 0 Å². The standard InChI is InChI=1S/C24H25N7O/c1-17-6-8-19(9-7-17)27-24-28-22(14-23(29-24)31-10-12-32-13-11-31)30-26-16-18-15-25-21-5-3-2-4-20(18)21/h2-9,14-16,25H,10-13H2,1H3,(H2,27,28,29,30). The molecule has 5 rings (SSSR count). The molecule has 0 unspecified atom stereocenters. The summed E-state index contributed by atoms with van der Waals surface area (Å²) in [5.74, 6) is 1.97. The van der Waals surface area contributed by atoms with Gasteiger partial charge in [-0.25, -0.2) is 0 Å². The summed E-state index contributed by atoms with van der Waals surface area (Å²) < 4.78 is 5.49. The van der Waals surface area contributed by atoms with Gasteiger partial charge in [-0.1, -0.05) is 35.9 Å². The van der Waals surface area contributed by atoms with E-state index in [1.807, 2.05) is 42.6 Å². The fraction of sp³-hybridized carbons (Fsp3) is 0.208. The van der Waals surface area contributed by atoms with E-state index < -0.39 is 0 Å². The van der Waals surface area contributed by atoms with Crippen LogP contribution in [0.15, 0.2) is 65.9 Å². The van der Waals surface area contributed by atoms with E-state index in [-0.39, 0.29) is 0 Å². The number of nitrogens with zero attached hydrogens (tertiary/aromatic N) is 4. The van der Waals surface area contributed by atoms with Crippen LogP contribution in [0.25, 0.3) is 10.9 Å². The molecule has 0 amide bonds. The maximum Gasteiger partial charge on any atom is 0.231 e. The van der Waals surface area contributed by atoms with Gasteiger partial charge in [0.05, 0.1) is 19.4 Å². The molecule has 4 aromatic rings. The molecule has 1 fully saturated rings. The first-order valence-corrected chi connectivity index (χ1v) is 10.7. The molecule has 8 nitrogen and oxygen atoms in total. The number of aromatic nitrogens is 3. The average Bonchev–Trinajstić information content (AvgIpc) is 3.24. The Morgan fingerprint density at radius 2 is 1.88 bits per heavy atom. The van der Waals surface area contributed by atoms with E-state index in [0.717, 1.165) is 41.1 Å². The lowest BCUT2D eigenvalue weighted by atomic mass is 10.2. The lowest BCUT2D eigenvalue weighted by molar-refractivity contribution is 0.122. The zero-order chi connectivity index (χ0) is 21.8. The first-order valence-electron chi connectivity index (χ1n) is 10.7. The molecular weight excluding hydrogens is 402 g/mol. The topological polar surface area (TPSA) is 90.5 Å². The van der Waals surface area contributed by atoms with Gasteiger partial charge in [0.1, 0.15) is 5.82 Å². The second-order valence-corrected chi connectivity index (χ2v) is 7.69. The number of H-pyrrole nitrogens is 1. The van der Waals surface area contributed by atoms with Crippen molar-refractivity contribution in [2.45, 2.75) is 6.92 Å². The van der Waals surface area contributed by atoms with Crippen LogP contribution in [0, 0.1) is 6.92 Å². The third kappa shape index (κ3) is 4.55. The summed E-state index contributed by atoms with van der Waals surface area (Å²) in [5, 5.41) is 8.85. The molecule has 162 valence electrons. The van der Waals surface area contributed by atoms with E-state index in [1.165, 1.54) is 5.56 Å². The van der Waals surface area contributed by atoms with Gasteiger partial charge in [-0.05, 0) is 25.1 Å². The summed E-state index contributed by atoms with van der Waals surface area (Å²) in [6.45, 7) is 5.02. The molecule has 0 aliphatic carbocycles. The van der Waals surface area contributed by atoms with E-state index in [2.05, 4.69) is 55.8 Å². The largest absolute Gasteiger partial charge is 0.378 e. The number of morpholine rings is 1. The molecule has 0 saturated carbocycles. The van der Waals surface area contributed by atoms with Gasteiger partial charge in [0, 0.05) is 47.5 Å². The van der Waals surface area contributed by atoms with Crippen molar-refractivity contribution in [3.8, 4) is 0 Å². The molecule has 1 aliphatic heterocycles. The number of hydrazone groups is 1. The molecule has 1 saturated heterocycles. The molecule has 3 N–H and O–H groups in total. The lowest BCUT2D eigenvalue weighted by Gasteiger charge is -2.28. The number of para-hydroxylation sites is 1. The maximum atomic E-state index is 5.49. The number of hydrogen-bond acceptors (Lipinski definition) is 7. The second-order valence-electron chi connectivity index (χ2n) is 7.69. The van der Waals surface area contributed by atoms with Gasteiger partial charge >= 0.3 is 0 Å². The summed E-state index contributed by atoms with van der Waals surface area (Å²) in [4.78, 5) is 14.8. The van der Waals surface area contributed by atoms with Crippen molar-refractivity contribution >= 4 is 40.4 Å². The normalized spacial score (nSPS) is 14.2. The Kier molecular flexibility index (Phi) is 5.67. The van der Waals surface area contributed by atoms with Crippen LogP contribution >= 0.6 is 0 Å². The van der Waals surface area contributed by atoms with Gasteiger partial charge in [-0.2, -0.15) is 15.1 Å². The number of anilines is 4. The lowest BCUT2D eigenvalue weighted by Crippen LogP contribution is -2.36. The van der Waals surface area contributed by atoms with E-state index in [9.17, 15) is 0 Å². The predicted molar refractivity (Wildman–Crippen MR) is 129 cm³/mol. The van der Waals surface area contributed by atoms with Crippen molar-refractivity contribution < 1.29 is 4.74 Å². The minimum atomic E-state index is 0.516. The highest BCUT2D eigenvalue weighted by Gasteiger charge is 2.15. The van der Waals surface area contributed by atoms with Crippen molar-refractivity contribution in [2.24, 2.45) is 5.10 Å². The van der Waals surface area contributed by atoms with Gasteiger partial charge < -0.3 is 19.9 Å². The summed E-state index contributed by atoms with van der Waals surface area (Å²) >= 11 is 0. The summed E-state index contributed by atoms with van der Waals surface area (Å²) in [5.41, 5.74) is 7.29. The molecule has 0 radical (unpaired) electrons. The Labute approximate surface area is 186 Å². The molecule has 3 heterocycles. The number of nitrogens with one attached hydrogen (secondary N) is 3. The van der Waals surface area contributed by atoms with Crippen LogP contribution < -0.4 is 15.6 Å².